The lowest BCUT2D eigenvalue weighted by Crippen LogP contribution is -2.14. The Bertz CT molecular complexity index is 728. The molecule has 9 heteroatoms. The van der Waals surface area contributed by atoms with Gasteiger partial charge in [-0.3, -0.25) is 4.72 Å². The molecule has 0 aliphatic rings. The van der Waals surface area contributed by atoms with Gasteiger partial charge in [0.05, 0.1) is 21.9 Å². The van der Waals surface area contributed by atoms with Gasteiger partial charge in [0.2, 0.25) is 0 Å². The van der Waals surface area contributed by atoms with Crippen LogP contribution in [0.15, 0.2) is 40.0 Å². The van der Waals surface area contributed by atoms with Crippen molar-refractivity contribution >= 4 is 60.5 Å². The maximum atomic E-state index is 12.3. The number of benzene rings is 1. The van der Waals surface area contributed by atoms with Crippen LogP contribution in [-0.4, -0.2) is 13.4 Å². The molecular formula is C11H8BrCl2N3O2S. The van der Waals surface area contributed by atoms with Crippen molar-refractivity contribution in [1.29, 1.82) is 0 Å². The topological polar surface area (TPSA) is 85.1 Å². The first-order valence-electron chi connectivity index (χ1n) is 5.18. The largest absolute Gasteiger partial charge is 0.399 e. The lowest BCUT2D eigenvalue weighted by atomic mass is 10.3. The third-order valence-electron chi connectivity index (χ3n) is 2.27. The number of nitrogen functional groups attached to an aromatic ring is 1. The van der Waals surface area contributed by atoms with Crippen molar-refractivity contribution in [3.8, 4) is 0 Å². The van der Waals surface area contributed by atoms with Crippen LogP contribution in [0.1, 0.15) is 0 Å². The van der Waals surface area contributed by atoms with Gasteiger partial charge in [-0.1, -0.05) is 23.2 Å². The zero-order chi connectivity index (χ0) is 14.9. The zero-order valence-electron chi connectivity index (χ0n) is 9.77. The highest BCUT2D eigenvalue weighted by Crippen LogP contribution is 2.32. The summed E-state index contributed by atoms with van der Waals surface area (Å²) >= 11 is 15.0. The summed E-state index contributed by atoms with van der Waals surface area (Å²) < 4.78 is 27.5. The van der Waals surface area contributed by atoms with E-state index in [2.05, 4.69) is 25.6 Å². The first kappa shape index (κ1) is 15.4. The van der Waals surface area contributed by atoms with E-state index in [0.717, 1.165) is 0 Å². The summed E-state index contributed by atoms with van der Waals surface area (Å²) in [6.07, 6.45) is 1.36. The number of nitrogens with two attached hydrogens (primary N) is 1. The molecule has 0 bridgehead atoms. The average Bonchev–Trinajstić information content (AvgIpc) is 2.30. The second kappa shape index (κ2) is 5.77. The highest BCUT2D eigenvalue weighted by Gasteiger charge is 2.22. The van der Waals surface area contributed by atoms with E-state index in [0.29, 0.717) is 4.60 Å². The van der Waals surface area contributed by atoms with Crippen LogP contribution in [0.2, 0.25) is 10.0 Å². The summed E-state index contributed by atoms with van der Waals surface area (Å²) in [6.45, 7) is 0. The Morgan fingerprint density at radius 3 is 2.30 bits per heavy atom. The van der Waals surface area contributed by atoms with Crippen LogP contribution in [0, 0.1) is 0 Å². The molecule has 0 spiro atoms. The molecule has 0 saturated heterocycles. The maximum absolute atomic E-state index is 12.3. The molecular weight excluding hydrogens is 389 g/mol. The molecule has 0 atom stereocenters. The number of pyridine rings is 1. The van der Waals surface area contributed by atoms with Crippen molar-refractivity contribution in [3.63, 3.8) is 0 Å². The Balaban J connectivity index is 2.43. The summed E-state index contributed by atoms with van der Waals surface area (Å²) in [6, 6.07) is 5.79. The Morgan fingerprint density at radius 2 is 1.80 bits per heavy atom. The molecule has 0 aliphatic carbocycles. The van der Waals surface area contributed by atoms with Gasteiger partial charge in [0.25, 0.3) is 10.0 Å². The third-order valence-corrected chi connectivity index (χ3v) is 5.04. The van der Waals surface area contributed by atoms with Crippen LogP contribution in [0.3, 0.4) is 0 Å². The standard InChI is InChI=1S/C11H8BrCl2N3O2S/c12-10-2-1-7(5-16-10)17-20(18,19)11-8(13)3-6(15)4-9(11)14/h1-5,17H,15H2. The molecule has 20 heavy (non-hydrogen) atoms. The molecule has 1 heterocycles. The fourth-order valence-corrected chi connectivity index (χ4v) is 3.99. The molecule has 106 valence electrons. The fraction of sp³-hybridized carbons (Fsp3) is 0. The zero-order valence-corrected chi connectivity index (χ0v) is 13.7. The Morgan fingerprint density at radius 1 is 1.20 bits per heavy atom. The fourth-order valence-electron chi connectivity index (χ4n) is 1.48. The molecule has 0 aliphatic heterocycles. The third kappa shape index (κ3) is 3.35. The molecule has 1 aromatic carbocycles. The minimum absolute atomic E-state index is 0.0485. The molecule has 3 N–H and O–H groups in total. The number of hydrogen-bond donors (Lipinski definition) is 2. The van der Waals surface area contributed by atoms with Crippen molar-refractivity contribution in [2.24, 2.45) is 0 Å². The van der Waals surface area contributed by atoms with E-state index in [1.54, 1.807) is 12.1 Å². The molecule has 0 unspecified atom stereocenters. The van der Waals surface area contributed by atoms with Crippen molar-refractivity contribution in [1.82, 2.24) is 4.98 Å². The van der Waals surface area contributed by atoms with Crippen molar-refractivity contribution < 1.29 is 8.42 Å². The number of sulfonamides is 1. The van der Waals surface area contributed by atoms with Gasteiger partial charge in [0.1, 0.15) is 9.50 Å². The molecule has 0 radical (unpaired) electrons. The van der Waals surface area contributed by atoms with Crippen molar-refractivity contribution in [2.75, 3.05) is 10.5 Å². The lowest BCUT2D eigenvalue weighted by Gasteiger charge is -2.11. The van der Waals surface area contributed by atoms with E-state index in [1.807, 2.05) is 0 Å². The minimum atomic E-state index is -3.93. The number of nitrogens with one attached hydrogen (secondary N) is 1. The van der Waals surface area contributed by atoms with E-state index in [1.165, 1.54) is 18.3 Å². The quantitative estimate of drug-likeness (QED) is 0.613. The Hall–Kier alpha value is -1.02. The predicted molar refractivity (Wildman–Crippen MR) is 83.6 cm³/mol. The van der Waals surface area contributed by atoms with Crippen LogP contribution >= 0.6 is 39.1 Å². The number of rotatable bonds is 3. The van der Waals surface area contributed by atoms with Gasteiger partial charge in [0, 0.05) is 5.69 Å². The van der Waals surface area contributed by atoms with Crippen LogP contribution < -0.4 is 10.5 Å². The van der Waals surface area contributed by atoms with Crippen molar-refractivity contribution in [2.45, 2.75) is 4.90 Å². The number of hydrogen-bond acceptors (Lipinski definition) is 4. The minimum Gasteiger partial charge on any atom is -0.399 e. The summed E-state index contributed by atoms with van der Waals surface area (Å²) in [5.74, 6) is 0. The number of aromatic nitrogens is 1. The van der Waals surface area contributed by atoms with Gasteiger partial charge in [-0.25, -0.2) is 13.4 Å². The number of anilines is 2. The SMILES string of the molecule is Nc1cc(Cl)c(S(=O)(=O)Nc2ccc(Br)nc2)c(Cl)c1. The number of halogens is 3. The van der Waals surface area contributed by atoms with E-state index >= 15 is 0 Å². The lowest BCUT2D eigenvalue weighted by molar-refractivity contribution is 0.601. The van der Waals surface area contributed by atoms with Crippen molar-refractivity contribution in [3.05, 3.63) is 45.1 Å². The van der Waals surface area contributed by atoms with Crippen LogP contribution in [0.4, 0.5) is 11.4 Å². The maximum Gasteiger partial charge on any atom is 0.264 e. The predicted octanol–water partition coefficient (Wildman–Crippen LogP) is 3.53. The molecule has 2 rings (SSSR count). The first-order chi connectivity index (χ1) is 9.29. The van der Waals surface area contributed by atoms with E-state index < -0.39 is 10.0 Å². The molecule has 0 saturated carbocycles. The summed E-state index contributed by atoms with van der Waals surface area (Å²) in [5, 5.41) is -0.0971. The normalized spacial score (nSPS) is 11.3. The molecule has 1 aromatic heterocycles. The monoisotopic (exact) mass is 395 g/mol. The van der Waals surface area contributed by atoms with E-state index in [9.17, 15) is 8.42 Å². The molecule has 0 fully saturated rings. The van der Waals surface area contributed by atoms with E-state index in [4.69, 9.17) is 28.9 Å². The Kier molecular flexibility index (Phi) is 4.43. The molecule has 0 amide bonds. The first-order valence-corrected chi connectivity index (χ1v) is 8.22. The average molecular weight is 397 g/mol. The highest BCUT2D eigenvalue weighted by atomic mass is 79.9. The van der Waals surface area contributed by atoms with Gasteiger partial charge in [0.15, 0.2) is 0 Å². The summed E-state index contributed by atoms with van der Waals surface area (Å²) in [5.41, 5.74) is 6.11. The second-order valence-electron chi connectivity index (χ2n) is 3.79. The van der Waals surface area contributed by atoms with Crippen LogP contribution in [0.25, 0.3) is 0 Å². The van der Waals surface area contributed by atoms with Gasteiger partial charge < -0.3 is 5.73 Å². The van der Waals surface area contributed by atoms with Gasteiger partial charge in [-0.15, -0.1) is 0 Å². The Labute approximate surface area is 134 Å². The molecule has 5 nitrogen and oxygen atoms in total. The summed E-state index contributed by atoms with van der Waals surface area (Å²) in [7, 11) is -3.93. The second-order valence-corrected chi connectivity index (χ2v) is 7.03. The van der Waals surface area contributed by atoms with E-state index in [-0.39, 0.29) is 26.3 Å². The van der Waals surface area contributed by atoms with Crippen LogP contribution in [-0.2, 0) is 10.0 Å². The van der Waals surface area contributed by atoms with Gasteiger partial charge >= 0.3 is 0 Å². The highest BCUT2D eigenvalue weighted by molar-refractivity contribution is 9.10. The van der Waals surface area contributed by atoms with Crippen LogP contribution in [0.5, 0.6) is 0 Å². The smallest absolute Gasteiger partial charge is 0.264 e. The molecule has 2 aromatic rings. The van der Waals surface area contributed by atoms with Gasteiger partial charge in [-0.2, -0.15) is 0 Å². The van der Waals surface area contributed by atoms with Gasteiger partial charge in [-0.05, 0) is 40.2 Å². The summed E-state index contributed by atoms with van der Waals surface area (Å²) in [4.78, 5) is 3.70. The number of nitrogens with zero attached hydrogens (tertiary/aromatic N) is 1.